The van der Waals surface area contributed by atoms with Crippen LogP contribution in [0.3, 0.4) is 0 Å². The maximum Gasteiger partial charge on any atom is 0.217 e. The standard InChI is InChI=1S/C12H25NO6S/c14-7-5-9(15)10(16)11(17)12(18)19-8-4-2-1-3-6-13-20/h9,12-18,20H,1-8H2/b11-10+/t9-,12+/m1/s1. The lowest BCUT2D eigenvalue weighted by atomic mass is 10.2. The van der Waals surface area contributed by atoms with Crippen molar-refractivity contribution in [1.82, 2.24) is 4.72 Å². The molecule has 0 bridgehead atoms. The van der Waals surface area contributed by atoms with Crippen molar-refractivity contribution in [2.24, 2.45) is 0 Å². The highest BCUT2D eigenvalue weighted by Gasteiger charge is 2.20. The molecular formula is C12H25NO6S. The minimum Gasteiger partial charge on any atom is -0.506 e. The van der Waals surface area contributed by atoms with E-state index in [1.165, 1.54) is 0 Å². The molecule has 2 atom stereocenters. The summed E-state index contributed by atoms with van der Waals surface area (Å²) in [4.78, 5) is 0. The molecule has 0 spiro atoms. The first kappa shape index (κ1) is 19.5. The summed E-state index contributed by atoms with van der Waals surface area (Å²) in [5, 5.41) is 46.2. The van der Waals surface area contributed by atoms with Crippen molar-refractivity contribution in [3.05, 3.63) is 11.5 Å². The number of thiol groups is 1. The van der Waals surface area contributed by atoms with E-state index >= 15 is 0 Å². The van der Waals surface area contributed by atoms with Crippen LogP contribution in [0.5, 0.6) is 0 Å². The van der Waals surface area contributed by atoms with Gasteiger partial charge in [-0.15, -0.1) is 0 Å². The summed E-state index contributed by atoms with van der Waals surface area (Å²) < 4.78 is 7.68. The number of unbranched alkanes of at least 4 members (excludes halogenated alkanes) is 3. The molecule has 0 aromatic rings. The molecule has 0 saturated carbocycles. The van der Waals surface area contributed by atoms with Crippen LogP contribution in [-0.2, 0) is 4.74 Å². The maximum atomic E-state index is 9.46. The minimum atomic E-state index is -1.68. The lowest BCUT2D eigenvalue weighted by Gasteiger charge is -2.15. The van der Waals surface area contributed by atoms with Crippen molar-refractivity contribution >= 4 is 12.8 Å². The van der Waals surface area contributed by atoms with E-state index in [2.05, 4.69) is 17.5 Å². The van der Waals surface area contributed by atoms with E-state index in [0.29, 0.717) is 6.42 Å². The zero-order chi connectivity index (χ0) is 15.4. The highest BCUT2D eigenvalue weighted by molar-refractivity contribution is 7.78. The van der Waals surface area contributed by atoms with Gasteiger partial charge in [-0.05, 0) is 12.8 Å². The Kier molecular flexibility index (Phi) is 11.9. The van der Waals surface area contributed by atoms with Crippen molar-refractivity contribution in [2.75, 3.05) is 19.8 Å². The van der Waals surface area contributed by atoms with Crippen LogP contribution in [0.4, 0.5) is 0 Å². The largest absolute Gasteiger partial charge is 0.506 e. The Morgan fingerprint density at radius 2 is 1.70 bits per heavy atom. The van der Waals surface area contributed by atoms with Crippen LogP contribution >= 0.6 is 12.8 Å². The molecule has 0 saturated heterocycles. The van der Waals surface area contributed by atoms with Gasteiger partial charge in [-0.3, -0.25) is 4.72 Å². The first-order chi connectivity index (χ1) is 9.54. The predicted octanol–water partition coefficient (Wildman–Crippen LogP) is 0.387. The van der Waals surface area contributed by atoms with Gasteiger partial charge in [0.1, 0.15) is 6.10 Å². The number of rotatable bonds is 12. The average molecular weight is 311 g/mol. The van der Waals surface area contributed by atoms with Crippen LogP contribution < -0.4 is 4.72 Å². The van der Waals surface area contributed by atoms with E-state index in [1.807, 2.05) is 0 Å². The summed E-state index contributed by atoms with van der Waals surface area (Å²) in [7, 11) is 0. The number of hydrogen-bond donors (Lipinski definition) is 7. The van der Waals surface area contributed by atoms with Gasteiger partial charge in [-0.2, -0.15) is 0 Å². The molecule has 0 radical (unpaired) electrons. The van der Waals surface area contributed by atoms with Crippen molar-refractivity contribution in [3.8, 4) is 0 Å². The fourth-order valence-electron chi connectivity index (χ4n) is 1.49. The molecule has 7 nitrogen and oxygen atoms in total. The van der Waals surface area contributed by atoms with Gasteiger partial charge < -0.3 is 30.3 Å². The van der Waals surface area contributed by atoms with Gasteiger partial charge in [-0.25, -0.2) is 0 Å². The molecule has 120 valence electrons. The monoisotopic (exact) mass is 311 g/mol. The first-order valence-electron chi connectivity index (χ1n) is 6.62. The van der Waals surface area contributed by atoms with Gasteiger partial charge in [0.25, 0.3) is 0 Å². The van der Waals surface area contributed by atoms with Gasteiger partial charge in [0.15, 0.2) is 11.5 Å². The summed E-state index contributed by atoms with van der Waals surface area (Å²) in [6, 6.07) is 0. The van der Waals surface area contributed by atoms with Gasteiger partial charge in [0, 0.05) is 19.6 Å². The van der Waals surface area contributed by atoms with Crippen LogP contribution in [0.1, 0.15) is 32.1 Å². The first-order valence-corrected chi connectivity index (χ1v) is 7.06. The molecule has 0 amide bonds. The zero-order valence-electron chi connectivity index (χ0n) is 11.4. The summed E-state index contributed by atoms with van der Waals surface area (Å²) in [5.74, 6) is -1.61. The van der Waals surface area contributed by atoms with Gasteiger partial charge in [0.2, 0.25) is 6.29 Å². The third kappa shape index (κ3) is 8.62. The van der Waals surface area contributed by atoms with E-state index in [9.17, 15) is 20.4 Å². The molecule has 0 rings (SSSR count). The molecule has 20 heavy (non-hydrogen) atoms. The Morgan fingerprint density at radius 3 is 2.30 bits per heavy atom. The Hall–Kier alpha value is -0.510. The topological polar surface area (TPSA) is 122 Å². The molecule has 0 aliphatic carbocycles. The van der Waals surface area contributed by atoms with Gasteiger partial charge >= 0.3 is 0 Å². The highest BCUT2D eigenvalue weighted by Crippen LogP contribution is 2.12. The molecule has 6 N–H and O–H groups in total. The Bertz CT molecular complexity index is 277. The van der Waals surface area contributed by atoms with E-state index in [1.54, 1.807) is 0 Å². The second-order valence-electron chi connectivity index (χ2n) is 4.34. The number of aliphatic hydroxyl groups excluding tert-OH is 5. The Labute approximate surface area is 124 Å². The van der Waals surface area contributed by atoms with Crippen molar-refractivity contribution in [1.29, 1.82) is 0 Å². The van der Waals surface area contributed by atoms with Crippen molar-refractivity contribution < 1.29 is 30.3 Å². The number of aliphatic hydroxyl groups is 5. The van der Waals surface area contributed by atoms with E-state index < -0.39 is 23.9 Å². The summed E-state index contributed by atoms with van der Waals surface area (Å²) in [5.41, 5.74) is 0. The molecule has 8 heteroatoms. The number of nitrogens with one attached hydrogen (secondary N) is 1. The van der Waals surface area contributed by atoms with Gasteiger partial charge in [0.05, 0.1) is 6.61 Å². The Morgan fingerprint density at radius 1 is 1.05 bits per heavy atom. The number of ether oxygens (including phenoxy) is 1. The highest BCUT2D eigenvalue weighted by atomic mass is 32.1. The lowest BCUT2D eigenvalue weighted by molar-refractivity contribution is -0.0998. The van der Waals surface area contributed by atoms with E-state index in [-0.39, 0.29) is 19.6 Å². The smallest absolute Gasteiger partial charge is 0.217 e. The average Bonchev–Trinajstić information content (AvgIpc) is 2.44. The van der Waals surface area contributed by atoms with Crippen molar-refractivity contribution in [2.45, 2.75) is 44.5 Å². The van der Waals surface area contributed by atoms with E-state index in [4.69, 9.17) is 9.84 Å². The lowest BCUT2D eigenvalue weighted by Crippen LogP contribution is -2.22. The van der Waals surface area contributed by atoms with Crippen LogP contribution in [0, 0.1) is 0 Å². The second-order valence-corrected chi connectivity index (χ2v) is 4.66. The summed E-state index contributed by atoms with van der Waals surface area (Å²) in [6.45, 7) is 0.701. The molecular weight excluding hydrogens is 286 g/mol. The Balaban J connectivity index is 3.89. The van der Waals surface area contributed by atoms with Gasteiger partial charge in [-0.1, -0.05) is 25.7 Å². The third-order valence-electron chi connectivity index (χ3n) is 2.67. The third-order valence-corrected chi connectivity index (χ3v) is 2.90. The fraction of sp³-hybridized carbons (Fsp3) is 0.833. The van der Waals surface area contributed by atoms with Crippen LogP contribution in [-0.4, -0.2) is 57.7 Å². The van der Waals surface area contributed by atoms with Crippen LogP contribution in [0.2, 0.25) is 0 Å². The maximum absolute atomic E-state index is 9.46. The fourth-order valence-corrected chi connectivity index (χ4v) is 1.65. The quantitative estimate of drug-likeness (QED) is 0.120. The van der Waals surface area contributed by atoms with E-state index in [0.717, 1.165) is 25.8 Å². The molecule has 0 aliphatic heterocycles. The second kappa shape index (κ2) is 12.2. The zero-order valence-corrected chi connectivity index (χ0v) is 12.3. The molecule has 0 aromatic heterocycles. The molecule has 0 aliphatic rings. The number of hydrogen-bond acceptors (Lipinski definition) is 8. The predicted molar refractivity (Wildman–Crippen MR) is 77.4 cm³/mol. The molecule has 0 unspecified atom stereocenters. The van der Waals surface area contributed by atoms with Crippen LogP contribution in [0.25, 0.3) is 0 Å². The summed E-state index contributed by atoms with van der Waals surface area (Å²) in [6.07, 6.45) is 0.361. The molecule has 0 aromatic carbocycles. The minimum absolute atomic E-state index is 0.137. The summed E-state index contributed by atoms with van der Waals surface area (Å²) >= 11 is 3.86. The van der Waals surface area contributed by atoms with Crippen LogP contribution in [0.15, 0.2) is 11.5 Å². The van der Waals surface area contributed by atoms with Crippen molar-refractivity contribution in [3.63, 3.8) is 0 Å². The normalized spacial score (nSPS) is 15.8. The molecule has 0 fully saturated rings. The SMILES string of the molecule is OCC[C@@H](O)/C(O)=C(\O)[C@@H](O)OCCCCCCNS. The molecule has 0 heterocycles.